The zero-order valence-electron chi connectivity index (χ0n) is 10.5. The Morgan fingerprint density at radius 3 is 2.88 bits per heavy atom. The van der Waals surface area contributed by atoms with E-state index in [9.17, 15) is 5.11 Å². The number of hydrogen-bond acceptors (Lipinski definition) is 3. The first-order valence-electron chi connectivity index (χ1n) is 6.10. The van der Waals surface area contributed by atoms with Crippen LogP contribution < -0.4 is 4.74 Å². The first kappa shape index (κ1) is 11.1. The van der Waals surface area contributed by atoms with Gasteiger partial charge < -0.3 is 14.6 Å². The quantitative estimate of drug-likeness (QED) is 0.749. The highest BCUT2D eigenvalue weighted by atomic mass is 16.6. The second-order valence-corrected chi connectivity index (χ2v) is 5.69. The lowest BCUT2D eigenvalue weighted by molar-refractivity contribution is -0.166. The fourth-order valence-electron chi connectivity index (χ4n) is 2.89. The Hall–Kier alpha value is -1.06. The predicted molar refractivity (Wildman–Crippen MR) is 64.0 cm³/mol. The van der Waals surface area contributed by atoms with Gasteiger partial charge in [0.25, 0.3) is 0 Å². The Bertz CT molecular complexity index is 465. The topological polar surface area (TPSA) is 38.7 Å². The van der Waals surface area contributed by atoms with Crippen LogP contribution in [0.2, 0.25) is 0 Å². The Labute approximate surface area is 101 Å². The zero-order chi connectivity index (χ0) is 12.2. The molecule has 92 valence electrons. The zero-order valence-corrected chi connectivity index (χ0v) is 10.5. The third kappa shape index (κ3) is 1.83. The molecule has 0 spiro atoms. The smallest absolute Gasteiger partial charge is 0.159 e. The van der Waals surface area contributed by atoms with Crippen LogP contribution in [0.1, 0.15) is 43.1 Å². The van der Waals surface area contributed by atoms with Crippen molar-refractivity contribution in [2.24, 2.45) is 0 Å². The van der Waals surface area contributed by atoms with E-state index in [2.05, 4.69) is 32.9 Å². The molecule has 2 heterocycles. The Balaban J connectivity index is 2.16. The van der Waals surface area contributed by atoms with Gasteiger partial charge in [-0.3, -0.25) is 0 Å². The highest BCUT2D eigenvalue weighted by molar-refractivity contribution is 5.48. The molecule has 3 nitrogen and oxygen atoms in total. The number of aliphatic hydroxyl groups excluding tert-OH is 1. The number of hydrogen-bond donors (Lipinski definition) is 1. The molecular weight excluding hydrogens is 216 g/mol. The van der Waals surface area contributed by atoms with Crippen molar-refractivity contribution in [3.63, 3.8) is 0 Å². The summed E-state index contributed by atoms with van der Waals surface area (Å²) in [6, 6.07) is 4.19. The highest BCUT2D eigenvalue weighted by Gasteiger charge is 2.39. The van der Waals surface area contributed by atoms with Gasteiger partial charge in [0.05, 0.1) is 6.10 Å². The molecule has 0 saturated carbocycles. The monoisotopic (exact) mass is 234 g/mol. The fraction of sp³-hybridized carbons (Fsp3) is 0.571. The van der Waals surface area contributed by atoms with Crippen LogP contribution in [-0.2, 0) is 11.2 Å². The van der Waals surface area contributed by atoms with Crippen LogP contribution in [0.15, 0.2) is 12.1 Å². The Kier molecular flexibility index (Phi) is 2.25. The van der Waals surface area contributed by atoms with Crippen molar-refractivity contribution in [2.75, 3.05) is 0 Å². The molecule has 0 bridgehead atoms. The molecule has 0 aromatic heterocycles. The van der Waals surface area contributed by atoms with Gasteiger partial charge in [0.2, 0.25) is 0 Å². The minimum absolute atomic E-state index is 0.0342. The lowest BCUT2D eigenvalue weighted by Gasteiger charge is -2.41. The minimum atomic E-state index is -0.684. The summed E-state index contributed by atoms with van der Waals surface area (Å²) in [5.41, 5.74) is 3.24. The van der Waals surface area contributed by atoms with E-state index < -0.39 is 6.29 Å². The standard InChI is InChI=1S/C14H18O3/c1-8-4-9-6-12(15)16-11-7-14(2,3)17-10(5-8)13(9)11/h4-5,11-12,15H,6-7H2,1-3H3/t11-,12+/m1/s1. The van der Waals surface area contributed by atoms with Crippen LogP contribution in [-0.4, -0.2) is 17.0 Å². The summed E-state index contributed by atoms with van der Waals surface area (Å²) in [7, 11) is 0. The molecule has 1 N–H and O–H groups in total. The van der Waals surface area contributed by atoms with Crippen molar-refractivity contribution < 1.29 is 14.6 Å². The van der Waals surface area contributed by atoms with Crippen molar-refractivity contribution in [3.8, 4) is 5.75 Å². The third-order valence-electron chi connectivity index (χ3n) is 3.47. The largest absolute Gasteiger partial charge is 0.487 e. The lowest BCUT2D eigenvalue weighted by atomic mass is 9.85. The summed E-state index contributed by atoms with van der Waals surface area (Å²) in [5.74, 6) is 0.924. The van der Waals surface area contributed by atoms with E-state index in [1.807, 2.05) is 0 Å². The second-order valence-electron chi connectivity index (χ2n) is 5.69. The predicted octanol–water partition coefficient (Wildman–Crippen LogP) is 2.49. The number of benzene rings is 1. The van der Waals surface area contributed by atoms with Crippen molar-refractivity contribution in [2.45, 2.75) is 51.6 Å². The first-order valence-corrected chi connectivity index (χ1v) is 6.10. The van der Waals surface area contributed by atoms with Crippen molar-refractivity contribution in [1.29, 1.82) is 0 Å². The van der Waals surface area contributed by atoms with E-state index in [0.29, 0.717) is 6.42 Å². The van der Waals surface area contributed by atoms with Gasteiger partial charge in [0.1, 0.15) is 11.4 Å². The molecule has 3 rings (SSSR count). The number of rotatable bonds is 0. The normalized spacial score (nSPS) is 29.4. The van der Waals surface area contributed by atoms with Gasteiger partial charge in [0.15, 0.2) is 6.29 Å². The third-order valence-corrected chi connectivity index (χ3v) is 3.47. The molecule has 2 aliphatic heterocycles. The van der Waals surface area contributed by atoms with E-state index in [4.69, 9.17) is 9.47 Å². The van der Waals surface area contributed by atoms with Crippen LogP contribution in [0.5, 0.6) is 5.75 Å². The SMILES string of the molecule is Cc1cc2c3c(c1)OC(C)(C)C[C@H]3O[C@H](O)C2. The van der Waals surface area contributed by atoms with Gasteiger partial charge in [-0.15, -0.1) is 0 Å². The number of ether oxygens (including phenoxy) is 2. The van der Waals surface area contributed by atoms with Crippen LogP contribution in [0.25, 0.3) is 0 Å². The molecule has 0 unspecified atom stereocenters. The maximum atomic E-state index is 9.77. The molecule has 17 heavy (non-hydrogen) atoms. The van der Waals surface area contributed by atoms with Crippen molar-refractivity contribution in [3.05, 3.63) is 28.8 Å². The Morgan fingerprint density at radius 2 is 2.12 bits per heavy atom. The molecular formula is C14H18O3. The van der Waals surface area contributed by atoms with Gasteiger partial charge in [0, 0.05) is 18.4 Å². The first-order chi connectivity index (χ1) is 7.94. The molecule has 0 aliphatic carbocycles. The molecule has 0 radical (unpaired) electrons. The molecule has 2 aliphatic rings. The van der Waals surface area contributed by atoms with E-state index in [-0.39, 0.29) is 11.7 Å². The summed E-state index contributed by atoms with van der Waals surface area (Å²) in [6.07, 6.45) is 0.626. The summed E-state index contributed by atoms with van der Waals surface area (Å²) >= 11 is 0. The number of aryl methyl sites for hydroxylation is 1. The van der Waals surface area contributed by atoms with Crippen molar-refractivity contribution >= 4 is 0 Å². The maximum Gasteiger partial charge on any atom is 0.159 e. The van der Waals surface area contributed by atoms with E-state index >= 15 is 0 Å². The van der Waals surface area contributed by atoms with Gasteiger partial charge in [-0.25, -0.2) is 0 Å². The minimum Gasteiger partial charge on any atom is -0.487 e. The van der Waals surface area contributed by atoms with Gasteiger partial charge in [-0.2, -0.15) is 0 Å². The van der Waals surface area contributed by atoms with Crippen LogP contribution in [0.4, 0.5) is 0 Å². The molecule has 2 atom stereocenters. The van der Waals surface area contributed by atoms with Gasteiger partial charge in [-0.05, 0) is 38.0 Å². The highest BCUT2D eigenvalue weighted by Crippen LogP contribution is 2.46. The molecule has 0 fully saturated rings. The summed E-state index contributed by atoms with van der Waals surface area (Å²) in [6.45, 7) is 6.17. The molecule has 1 aromatic carbocycles. The lowest BCUT2D eigenvalue weighted by Crippen LogP contribution is -2.39. The second kappa shape index (κ2) is 3.47. The fourth-order valence-corrected chi connectivity index (χ4v) is 2.89. The average molecular weight is 234 g/mol. The molecule has 1 aromatic rings. The number of aliphatic hydroxyl groups is 1. The summed E-state index contributed by atoms with van der Waals surface area (Å²) in [5, 5.41) is 9.77. The van der Waals surface area contributed by atoms with E-state index in [1.54, 1.807) is 0 Å². The van der Waals surface area contributed by atoms with E-state index in [1.165, 1.54) is 11.1 Å². The Morgan fingerprint density at radius 1 is 1.35 bits per heavy atom. The average Bonchev–Trinajstić information content (AvgIpc) is 2.12. The van der Waals surface area contributed by atoms with Crippen LogP contribution in [0, 0.1) is 6.92 Å². The van der Waals surface area contributed by atoms with Crippen LogP contribution >= 0.6 is 0 Å². The molecule has 0 amide bonds. The summed E-state index contributed by atoms with van der Waals surface area (Å²) < 4.78 is 11.7. The summed E-state index contributed by atoms with van der Waals surface area (Å²) in [4.78, 5) is 0. The molecule has 0 saturated heterocycles. The van der Waals surface area contributed by atoms with Gasteiger partial charge in [-0.1, -0.05) is 6.07 Å². The molecule has 3 heteroatoms. The maximum absolute atomic E-state index is 9.77. The van der Waals surface area contributed by atoms with Gasteiger partial charge >= 0.3 is 0 Å². The van der Waals surface area contributed by atoms with Crippen molar-refractivity contribution in [1.82, 2.24) is 0 Å². The van der Waals surface area contributed by atoms with E-state index in [0.717, 1.165) is 17.7 Å². The van der Waals surface area contributed by atoms with Crippen LogP contribution in [0.3, 0.4) is 0 Å².